The van der Waals surface area contributed by atoms with Crippen LogP contribution in [0.2, 0.25) is 0 Å². The summed E-state index contributed by atoms with van der Waals surface area (Å²) in [6.45, 7) is 5.57. The molecule has 6 heteroatoms. The van der Waals surface area contributed by atoms with Crippen molar-refractivity contribution in [3.05, 3.63) is 88.0 Å². The van der Waals surface area contributed by atoms with Crippen LogP contribution in [0.5, 0.6) is 0 Å². The molecule has 146 valence electrons. The summed E-state index contributed by atoms with van der Waals surface area (Å²) >= 11 is 3.45. The Kier molecular flexibility index (Phi) is 6.65. The van der Waals surface area contributed by atoms with Crippen molar-refractivity contribution < 1.29 is 13.6 Å². The predicted octanol–water partition coefficient (Wildman–Crippen LogP) is 5.84. The second-order valence-corrected chi connectivity index (χ2v) is 7.74. The zero-order chi connectivity index (χ0) is 20.1. The van der Waals surface area contributed by atoms with Gasteiger partial charge in [-0.2, -0.15) is 0 Å². The van der Waals surface area contributed by atoms with E-state index in [1.54, 1.807) is 24.3 Å². The van der Waals surface area contributed by atoms with Crippen LogP contribution in [0.1, 0.15) is 35.7 Å². The molecular weight excluding hydrogens is 423 g/mol. The maximum absolute atomic E-state index is 13.7. The minimum atomic E-state index is -0.483. The van der Waals surface area contributed by atoms with Crippen molar-refractivity contribution in [2.75, 3.05) is 5.32 Å². The molecule has 0 saturated carbocycles. The van der Waals surface area contributed by atoms with Crippen molar-refractivity contribution >= 4 is 27.5 Å². The average molecular weight is 445 g/mol. The minimum Gasteiger partial charge on any atom is -0.455 e. The number of carbonyl (C=O) groups excluding carboxylic acids is 1. The Balaban J connectivity index is 1.67. The molecule has 0 radical (unpaired) electrons. The number of amides is 1. The Morgan fingerprint density at radius 1 is 1.07 bits per heavy atom. The average Bonchev–Trinajstić information content (AvgIpc) is 3.13. The molecule has 0 spiro atoms. The quantitative estimate of drug-likeness (QED) is 0.497. The van der Waals surface area contributed by atoms with E-state index in [1.165, 1.54) is 17.7 Å². The number of hydrogen-bond donors (Lipinski definition) is 1. The first-order valence-corrected chi connectivity index (χ1v) is 9.85. The van der Waals surface area contributed by atoms with Gasteiger partial charge in [0, 0.05) is 17.1 Å². The van der Waals surface area contributed by atoms with Crippen molar-refractivity contribution in [2.45, 2.75) is 33.0 Å². The van der Waals surface area contributed by atoms with Gasteiger partial charge in [0.05, 0.1) is 12.2 Å². The molecule has 0 aliphatic rings. The van der Waals surface area contributed by atoms with Crippen molar-refractivity contribution in [1.82, 2.24) is 4.90 Å². The standard InChI is InChI=1S/C22H22BrFN2O2/c1-15(2)26(13-16-7-9-17(23)10-8-16)14-18-11-12-21(28-18)22(27)25-20-6-4-3-5-19(20)24/h3-12,15H,13-14H2,1-2H3,(H,25,27). The molecule has 4 nitrogen and oxygen atoms in total. The number of furan rings is 1. The van der Waals surface area contributed by atoms with Crippen LogP contribution in [0.4, 0.5) is 10.1 Å². The normalized spacial score (nSPS) is 11.2. The van der Waals surface area contributed by atoms with Gasteiger partial charge in [-0.25, -0.2) is 4.39 Å². The fourth-order valence-electron chi connectivity index (χ4n) is 2.78. The zero-order valence-corrected chi connectivity index (χ0v) is 17.4. The largest absolute Gasteiger partial charge is 0.455 e. The molecule has 1 heterocycles. The van der Waals surface area contributed by atoms with Gasteiger partial charge in [0.1, 0.15) is 11.6 Å². The molecule has 0 saturated heterocycles. The third kappa shape index (κ3) is 5.30. The molecule has 3 rings (SSSR count). The summed E-state index contributed by atoms with van der Waals surface area (Å²) in [5.74, 6) is -0.112. The van der Waals surface area contributed by atoms with Crippen LogP contribution in [-0.2, 0) is 13.1 Å². The Hall–Kier alpha value is -2.44. The van der Waals surface area contributed by atoms with Crippen LogP contribution in [0.3, 0.4) is 0 Å². The molecule has 1 N–H and O–H groups in total. The Morgan fingerprint density at radius 3 is 2.46 bits per heavy atom. The van der Waals surface area contributed by atoms with E-state index in [9.17, 15) is 9.18 Å². The summed E-state index contributed by atoms with van der Waals surface area (Å²) in [7, 11) is 0. The third-order valence-electron chi connectivity index (χ3n) is 4.40. The molecule has 0 fully saturated rings. The lowest BCUT2D eigenvalue weighted by molar-refractivity contribution is 0.0990. The maximum Gasteiger partial charge on any atom is 0.291 e. The van der Waals surface area contributed by atoms with E-state index in [-0.39, 0.29) is 11.4 Å². The van der Waals surface area contributed by atoms with Gasteiger partial charge in [0.15, 0.2) is 5.76 Å². The van der Waals surface area contributed by atoms with Crippen LogP contribution in [0, 0.1) is 5.82 Å². The molecular formula is C22H22BrFN2O2. The second-order valence-electron chi connectivity index (χ2n) is 6.83. The fraction of sp³-hybridized carbons (Fsp3) is 0.227. The molecule has 28 heavy (non-hydrogen) atoms. The van der Waals surface area contributed by atoms with E-state index in [1.807, 2.05) is 12.1 Å². The molecule has 0 bridgehead atoms. The summed E-state index contributed by atoms with van der Waals surface area (Å²) in [5, 5.41) is 2.54. The highest BCUT2D eigenvalue weighted by atomic mass is 79.9. The highest BCUT2D eigenvalue weighted by Gasteiger charge is 2.17. The molecule has 0 unspecified atom stereocenters. The van der Waals surface area contributed by atoms with Gasteiger partial charge < -0.3 is 9.73 Å². The maximum atomic E-state index is 13.7. The zero-order valence-electron chi connectivity index (χ0n) is 15.8. The van der Waals surface area contributed by atoms with E-state index >= 15 is 0 Å². The number of nitrogens with one attached hydrogen (secondary N) is 1. The highest BCUT2D eigenvalue weighted by molar-refractivity contribution is 9.10. The first-order valence-electron chi connectivity index (χ1n) is 9.05. The third-order valence-corrected chi connectivity index (χ3v) is 4.92. The second kappa shape index (κ2) is 9.17. The van der Waals surface area contributed by atoms with Gasteiger partial charge in [-0.3, -0.25) is 9.69 Å². The summed E-state index contributed by atoms with van der Waals surface area (Å²) in [4.78, 5) is 14.6. The number of hydrogen-bond acceptors (Lipinski definition) is 3. The number of benzene rings is 2. The number of rotatable bonds is 7. The first kappa shape index (κ1) is 20.3. The van der Waals surface area contributed by atoms with Crippen LogP contribution < -0.4 is 5.32 Å². The number of nitrogens with zero attached hydrogens (tertiary/aromatic N) is 1. The summed E-state index contributed by atoms with van der Waals surface area (Å²) in [6, 6.07) is 17.9. The number of para-hydroxylation sites is 1. The fourth-order valence-corrected chi connectivity index (χ4v) is 3.04. The Labute approximate surface area is 172 Å². The molecule has 2 aromatic carbocycles. The van der Waals surface area contributed by atoms with Crippen molar-refractivity contribution in [3.63, 3.8) is 0 Å². The van der Waals surface area contributed by atoms with Crippen molar-refractivity contribution in [2.24, 2.45) is 0 Å². The molecule has 0 atom stereocenters. The van der Waals surface area contributed by atoms with E-state index in [4.69, 9.17) is 4.42 Å². The van der Waals surface area contributed by atoms with Gasteiger partial charge in [-0.15, -0.1) is 0 Å². The van der Waals surface area contributed by atoms with E-state index in [0.29, 0.717) is 18.3 Å². The molecule has 1 amide bonds. The van der Waals surface area contributed by atoms with Gasteiger partial charge >= 0.3 is 0 Å². The summed E-state index contributed by atoms with van der Waals surface area (Å²) < 4.78 is 20.5. The number of carbonyl (C=O) groups is 1. The van der Waals surface area contributed by atoms with Gasteiger partial charge in [0.2, 0.25) is 0 Å². The molecule has 3 aromatic rings. The molecule has 0 aliphatic carbocycles. The van der Waals surface area contributed by atoms with E-state index in [0.717, 1.165) is 11.0 Å². The van der Waals surface area contributed by atoms with E-state index in [2.05, 4.69) is 52.1 Å². The smallest absolute Gasteiger partial charge is 0.291 e. The lowest BCUT2D eigenvalue weighted by Gasteiger charge is -2.25. The first-order chi connectivity index (χ1) is 13.4. The van der Waals surface area contributed by atoms with Gasteiger partial charge in [0.25, 0.3) is 5.91 Å². The highest BCUT2D eigenvalue weighted by Crippen LogP contribution is 2.19. The Morgan fingerprint density at radius 2 is 1.79 bits per heavy atom. The lowest BCUT2D eigenvalue weighted by Crippen LogP contribution is -2.29. The molecule has 0 aliphatic heterocycles. The van der Waals surface area contributed by atoms with Gasteiger partial charge in [-0.05, 0) is 55.8 Å². The van der Waals surface area contributed by atoms with Crippen LogP contribution >= 0.6 is 15.9 Å². The predicted molar refractivity (Wildman–Crippen MR) is 112 cm³/mol. The van der Waals surface area contributed by atoms with Crippen molar-refractivity contribution in [1.29, 1.82) is 0 Å². The Bertz CT molecular complexity index is 938. The van der Waals surface area contributed by atoms with Crippen LogP contribution in [0.15, 0.2) is 69.6 Å². The summed E-state index contributed by atoms with van der Waals surface area (Å²) in [6.07, 6.45) is 0. The molecule has 1 aromatic heterocycles. The number of halogens is 2. The summed E-state index contributed by atoms with van der Waals surface area (Å²) in [5.41, 5.74) is 1.32. The topological polar surface area (TPSA) is 45.5 Å². The SMILES string of the molecule is CC(C)N(Cc1ccc(Br)cc1)Cc1ccc(C(=O)Nc2ccccc2F)o1. The lowest BCUT2D eigenvalue weighted by atomic mass is 10.2. The van der Waals surface area contributed by atoms with Crippen molar-refractivity contribution in [3.8, 4) is 0 Å². The number of anilines is 1. The minimum absolute atomic E-state index is 0.129. The van der Waals surface area contributed by atoms with E-state index < -0.39 is 11.7 Å². The van der Waals surface area contributed by atoms with Gasteiger partial charge in [-0.1, -0.05) is 40.2 Å². The monoisotopic (exact) mass is 444 g/mol. The van der Waals surface area contributed by atoms with Crippen LogP contribution in [0.25, 0.3) is 0 Å². The van der Waals surface area contributed by atoms with Crippen LogP contribution in [-0.4, -0.2) is 16.8 Å².